The van der Waals surface area contributed by atoms with Crippen molar-refractivity contribution in [2.24, 2.45) is 0 Å². The van der Waals surface area contributed by atoms with E-state index in [-0.39, 0.29) is 0 Å². The van der Waals surface area contributed by atoms with Crippen LogP contribution in [0.2, 0.25) is 0 Å². The molecule has 0 saturated heterocycles. The number of hydrogen-bond donors (Lipinski definition) is 0. The zero-order valence-corrected chi connectivity index (χ0v) is 6.90. The third-order valence-corrected chi connectivity index (χ3v) is 2.17. The molecule has 0 heterocycles. The first-order chi connectivity index (χ1) is 4.83. The van der Waals surface area contributed by atoms with E-state index in [1.54, 1.807) is 0 Å². The number of hydrogen-bond acceptors (Lipinski definition) is 0. The van der Waals surface area contributed by atoms with Crippen LogP contribution in [0.5, 0.6) is 0 Å². The largest absolute Gasteiger partial charge is 0.118 e. The van der Waals surface area contributed by atoms with E-state index in [2.05, 4.69) is 12.7 Å². The summed E-state index contributed by atoms with van der Waals surface area (Å²) < 4.78 is 0. The van der Waals surface area contributed by atoms with Gasteiger partial charge in [-0.1, -0.05) is 17.7 Å². The van der Waals surface area contributed by atoms with Crippen LogP contribution in [0.25, 0.3) is 0 Å². The van der Waals surface area contributed by atoms with Gasteiger partial charge in [0.1, 0.15) is 0 Å². The Balaban J connectivity index is 2.28. The monoisotopic (exact) mass is 156 g/mol. The smallest absolute Gasteiger partial charge is 0.0521 e. The molecule has 0 amide bonds. The number of halogens is 1. The first-order valence-corrected chi connectivity index (χ1v) is 4.21. The molecule has 10 heavy (non-hydrogen) atoms. The van der Waals surface area contributed by atoms with Crippen molar-refractivity contribution < 1.29 is 0 Å². The Morgan fingerprint density at radius 2 is 2.60 bits per heavy atom. The molecular formula is C9H13Cl. The summed E-state index contributed by atoms with van der Waals surface area (Å²) >= 11 is 5.88. The quantitative estimate of drug-likeness (QED) is 0.435. The van der Waals surface area contributed by atoms with Gasteiger partial charge >= 0.3 is 0 Å². The van der Waals surface area contributed by atoms with Gasteiger partial charge in [-0.15, -0.1) is 18.2 Å². The third-order valence-electron chi connectivity index (χ3n) is 1.83. The van der Waals surface area contributed by atoms with E-state index in [4.69, 9.17) is 11.6 Å². The summed E-state index contributed by atoms with van der Waals surface area (Å²) in [5.41, 5.74) is 1.51. The van der Waals surface area contributed by atoms with Crippen LogP contribution < -0.4 is 0 Å². The lowest BCUT2D eigenvalue weighted by molar-refractivity contribution is 0.859. The molecule has 1 atom stereocenters. The maximum Gasteiger partial charge on any atom is 0.0521 e. The van der Waals surface area contributed by atoms with E-state index in [9.17, 15) is 0 Å². The molecule has 56 valence electrons. The first-order valence-electron chi connectivity index (χ1n) is 3.77. The Morgan fingerprint density at radius 3 is 3.10 bits per heavy atom. The van der Waals surface area contributed by atoms with Crippen LogP contribution in [0.15, 0.2) is 24.3 Å². The minimum atomic E-state index is 0.305. The molecule has 0 aromatic heterocycles. The van der Waals surface area contributed by atoms with Gasteiger partial charge in [0, 0.05) is 0 Å². The summed E-state index contributed by atoms with van der Waals surface area (Å²) in [5, 5.41) is 0.305. The first kappa shape index (κ1) is 7.87. The summed E-state index contributed by atoms with van der Waals surface area (Å²) in [7, 11) is 0. The molecule has 0 saturated carbocycles. The molecule has 1 rings (SSSR count). The van der Waals surface area contributed by atoms with E-state index in [1.165, 1.54) is 12.0 Å². The molecule has 0 aliphatic heterocycles. The van der Waals surface area contributed by atoms with Crippen molar-refractivity contribution >= 4 is 11.6 Å². The lowest BCUT2D eigenvalue weighted by Crippen LogP contribution is -1.81. The van der Waals surface area contributed by atoms with Crippen molar-refractivity contribution in [3.63, 3.8) is 0 Å². The van der Waals surface area contributed by atoms with Gasteiger partial charge in [-0.2, -0.15) is 0 Å². The Hall–Kier alpha value is -0.230. The van der Waals surface area contributed by atoms with Crippen molar-refractivity contribution in [3.8, 4) is 0 Å². The summed E-state index contributed by atoms with van der Waals surface area (Å²) in [4.78, 5) is 0. The van der Waals surface area contributed by atoms with Crippen LogP contribution in [0, 0.1) is 0 Å². The van der Waals surface area contributed by atoms with E-state index >= 15 is 0 Å². The fourth-order valence-corrected chi connectivity index (χ4v) is 1.53. The SMILES string of the molecule is C=CCCC1=CC(Cl)CC1. The molecule has 1 heteroatoms. The molecule has 0 aromatic rings. The second kappa shape index (κ2) is 3.82. The predicted molar refractivity (Wildman–Crippen MR) is 46.4 cm³/mol. The maximum absolute atomic E-state index is 5.88. The lowest BCUT2D eigenvalue weighted by Gasteiger charge is -1.94. The van der Waals surface area contributed by atoms with Crippen LogP contribution in [0.4, 0.5) is 0 Å². The van der Waals surface area contributed by atoms with E-state index in [0.717, 1.165) is 19.3 Å². The highest BCUT2D eigenvalue weighted by molar-refractivity contribution is 6.22. The maximum atomic E-state index is 5.88. The fourth-order valence-electron chi connectivity index (χ4n) is 1.24. The number of alkyl halides is 1. The summed E-state index contributed by atoms with van der Waals surface area (Å²) in [6.07, 6.45) is 8.73. The van der Waals surface area contributed by atoms with E-state index < -0.39 is 0 Å². The molecule has 0 radical (unpaired) electrons. The lowest BCUT2D eigenvalue weighted by atomic mass is 10.1. The van der Waals surface area contributed by atoms with Crippen LogP contribution in [0.3, 0.4) is 0 Å². The zero-order chi connectivity index (χ0) is 7.40. The van der Waals surface area contributed by atoms with Gasteiger partial charge in [0.25, 0.3) is 0 Å². The van der Waals surface area contributed by atoms with Gasteiger partial charge in [0.2, 0.25) is 0 Å². The van der Waals surface area contributed by atoms with Gasteiger partial charge in [-0.25, -0.2) is 0 Å². The molecular weight excluding hydrogens is 144 g/mol. The van der Waals surface area contributed by atoms with Crippen LogP contribution >= 0.6 is 11.6 Å². The van der Waals surface area contributed by atoms with Crippen molar-refractivity contribution in [2.45, 2.75) is 31.1 Å². The highest BCUT2D eigenvalue weighted by Gasteiger charge is 2.11. The van der Waals surface area contributed by atoms with E-state index in [0.29, 0.717) is 5.38 Å². The molecule has 1 aliphatic carbocycles. The summed E-state index contributed by atoms with van der Waals surface area (Å²) in [6.45, 7) is 3.68. The van der Waals surface area contributed by atoms with Gasteiger partial charge < -0.3 is 0 Å². The Bertz CT molecular complexity index is 147. The van der Waals surface area contributed by atoms with Crippen molar-refractivity contribution in [1.82, 2.24) is 0 Å². The Morgan fingerprint density at radius 1 is 1.80 bits per heavy atom. The minimum absolute atomic E-state index is 0.305. The average molecular weight is 157 g/mol. The normalized spacial score (nSPS) is 24.5. The Kier molecular flexibility index (Phi) is 3.01. The topological polar surface area (TPSA) is 0 Å². The second-order valence-electron chi connectivity index (χ2n) is 2.71. The van der Waals surface area contributed by atoms with Crippen LogP contribution in [-0.4, -0.2) is 5.38 Å². The number of allylic oxidation sites excluding steroid dienone is 3. The summed E-state index contributed by atoms with van der Waals surface area (Å²) in [6, 6.07) is 0. The third kappa shape index (κ3) is 2.18. The van der Waals surface area contributed by atoms with Gasteiger partial charge in [-0.3, -0.25) is 0 Å². The van der Waals surface area contributed by atoms with Crippen LogP contribution in [0.1, 0.15) is 25.7 Å². The Labute approximate surface area is 67.6 Å². The minimum Gasteiger partial charge on any atom is -0.118 e. The molecule has 1 unspecified atom stereocenters. The average Bonchev–Trinajstić information content (AvgIpc) is 2.31. The molecule has 0 spiro atoms. The zero-order valence-electron chi connectivity index (χ0n) is 6.15. The molecule has 0 aromatic carbocycles. The highest BCUT2D eigenvalue weighted by atomic mass is 35.5. The van der Waals surface area contributed by atoms with Gasteiger partial charge in [-0.05, 0) is 25.7 Å². The van der Waals surface area contributed by atoms with Crippen molar-refractivity contribution in [3.05, 3.63) is 24.3 Å². The van der Waals surface area contributed by atoms with E-state index in [1.807, 2.05) is 6.08 Å². The standard InChI is InChI=1S/C9H13Cl/c1-2-3-4-8-5-6-9(10)7-8/h2,7,9H,1,3-6H2. The second-order valence-corrected chi connectivity index (χ2v) is 3.27. The van der Waals surface area contributed by atoms with Crippen molar-refractivity contribution in [2.75, 3.05) is 0 Å². The van der Waals surface area contributed by atoms with Crippen LogP contribution in [-0.2, 0) is 0 Å². The molecule has 0 fully saturated rings. The fraction of sp³-hybridized carbons (Fsp3) is 0.556. The number of rotatable bonds is 3. The highest BCUT2D eigenvalue weighted by Crippen LogP contribution is 2.25. The van der Waals surface area contributed by atoms with Gasteiger partial charge in [0.05, 0.1) is 5.38 Å². The predicted octanol–water partition coefficient (Wildman–Crippen LogP) is 3.28. The van der Waals surface area contributed by atoms with Gasteiger partial charge in [0.15, 0.2) is 0 Å². The molecule has 1 aliphatic rings. The van der Waals surface area contributed by atoms with Crippen molar-refractivity contribution in [1.29, 1.82) is 0 Å². The molecule has 0 nitrogen and oxygen atoms in total. The molecule has 0 N–H and O–H groups in total. The summed E-state index contributed by atoms with van der Waals surface area (Å²) in [5.74, 6) is 0. The molecule has 0 bridgehead atoms.